The number of amides is 1. The number of nitrogens with one attached hydrogen (secondary N) is 2. The van der Waals surface area contributed by atoms with Gasteiger partial charge in [-0.15, -0.1) is 0 Å². The Morgan fingerprint density at radius 3 is 2.03 bits per heavy atom. The van der Waals surface area contributed by atoms with Crippen molar-refractivity contribution >= 4 is 23.2 Å². The molecule has 3 N–H and O–H groups in total. The zero-order valence-corrected chi connectivity index (χ0v) is 18.3. The van der Waals surface area contributed by atoms with Crippen LogP contribution in [-0.4, -0.2) is 28.1 Å². The van der Waals surface area contributed by atoms with Crippen LogP contribution in [0.4, 0.5) is 17.3 Å². The van der Waals surface area contributed by atoms with Crippen molar-refractivity contribution in [1.29, 1.82) is 0 Å². The minimum Gasteiger partial charge on any atom is -0.497 e. The molecule has 0 spiro atoms. The summed E-state index contributed by atoms with van der Waals surface area (Å²) in [4.78, 5) is 21.3. The van der Waals surface area contributed by atoms with Crippen LogP contribution >= 0.6 is 0 Å². The molecule has 0 fully saturated rings. The Morgan fingerprint density at radius 2 is 1.45 bits per heavy atom. The number of carbonyl (C=O) groups excluding carboxylic acids is 1. The molecule has 0 aliphatic carbocycles. The third-order valence-corrected chi connectivity index (χ3v) is 5.13. The SMILES string of the molecule is COc1ccc(-c2cnc(Nc3ccc(C(=O)Nc4ccc(C(C)O)cc4)cc3)nc2)cc1. The van der Waals surface area contributed by atoms with Crippen molar-refractivity contribution in [2.45, 2.75) is 13.0 Å². The monoisotopic (exact) mass is 440 g/mol. The lowest BCUT2D eigenvalue weighted by atomic mass is 10.1. The number of hydrogen-bond acceptors (Lipinski definition) is 6. The van der Waals surface area contributed by atoms with E-state index in [9.17, 15) is 9.90 Å². The summed E-state index contributed by atoms with van der Waals surface area (Å²) >= 11 is 0. The van der Waals surface area contributed by atoms with Crippen LogP contribution in [0.15, 0.2) is 85.2 Å². The second kappa shape index (κ2) is 9.93. The van der Waals surface area contributed by atoms with E-state index in [1.807, 2.05) is 24.3 Å². The zero-order valence-electron chi connectivity index (χ0n) is 18.3. The van der Waals surface area contributed by atoms with Crippen molar-refractivity contribution in [1.82, 2.24) is 9.97 Å². The smallest absolute Gasteiger partial charge is 0.255 e. The Hall–Kier alpha value is -4.23. The lowest BCUT2D eigenvalue weighted by Gasteiger charge is -2.09. The molecule has 1 atom stereocenters. The zero-order chi connectivity index (χ0) is 23.2. The Kier molecular flexibility index (Phi) is 6.61. The number of methoxy groups -OCH3 is 1. The Bertz CT molecular complexity index is 1200. The maximum absolute atomic E-state index is 12.5. The van der Waals surface area contributed by atoms with E-state index >= 15 is 0 Å². The number of anilines is 3. The molecule has 0 aliphatic rings. The maximum atomic E-state index is 12.5. The number of hydrogen-bond donors (Lipinski definition) is 3. The molecule has 0 saturated carbocycles. The molecule has 1 heterocycles. The Balaban J connectivity index is 1.37. The van der Waals surface area contributed by atoms with E-state index in [0.29, 0.717) is 17.2 Å². The van der Waals surface area contributed by atoms with Crippen LogP contribution in [0.5, 0.6) is 5.75 Å². The normalized spacial score (nSPS) is 11.5. The predicted octanol–water partition coefficient (Wildman–Crippen LogP) is 5.20. The number of aliphatic hydroxyl groups is 1. The van der Waals surface area contributed by atoms with Crippen LogP contribution in [0, 0.1) is 0 Å². The predicted molar refractivity (Wildman–Crippen MR) is 129 cm³/mol. The fourth-order valence-electron chi connectivity index (χ4n) is 3.21. The maximum Gasteiger partial charge on any atom is 0.255 e. The molecule has 4 aromatic rings. The third kappa shape index (κ3) is 5.53. The lowest BCUT2D eigenvalue weighted by molar-refractivity contribution is 0.102. The molecule has 166 valence electrons. The van der Waals surface area contributed by atoms with Gasteiger partial charge >= 0.3 is 0 Å². The lowest BCUT2D eigenvalue weighted by Crippen LogP contribution is -2.11. The second-order valence-corrected chi connectivity index (χ2v) is 7.48. The molecule has 0 saturated heterocycles. The van der Waals surface area contributed by atoms with Crippen LogP contribution in [0.3, 0.4) is 0 Å². The highest BCUT2D eigenvalue weighted by atomic mass is 16.5. The molecule has 1 aromatic heterocycles. The Labute approximate surface area is 192 Å². The number of ether oxygens (including phenoxy) is 1. The summed E-state index contributed by atoms with van der Waals surface area (Å²) in [6, 6.07) is 21.9. The van der Waals surface area contributed by atoms with E-state index in [4.69, 9.17) is 4.74 Å². The van der Waals surface area contributed by atoms with Gasteiger partial charge in [-0.25, -0.2) is 9.97 Å². The van der Waals surface area contributed by atoms with Crippen molar-refractivity contribution in [2.75, 3.05) is 17.7 Å². The van der Waals surface area contributed by atoms with Gasteiger partial charge in [-0.3, -0.25) is 4.79 Å². The molecular formula is C26H24N4O3. The van der Waals surface area contributed by atoms with E-state index < -0.39 is 6.10 Å². The molecule has 1 unspecified atom stereocenters. The van der Waals surface area contributed by atoms with Crippen molar-refractivity contribution in [3.05, 3.63) is 96.3 Å². The first-order chi connectivity index (χ1) is 16.0. The van der Waals surface area contributed by atoms with Crippen molar-refractivity contribution in [3.8, 4) is 16.9 Å². The molecular weight excluding hydrogens is 416 g/mol. The van der Waals surface area contributed by atoms with Gasteiger partial charge in [0.2, 0.25) is 5.95 Å². The first-order valence-electron chi connectivity index (χ1n) is 10.4. The number of aromatic nitrogens is 2. The molecule has 33 heavy (non-hydrogen) atoms. The van der Waals surface area contributed by atoms with Gasteiger partial charge in [0.15, 0.2) is 0 Å². The summed E-state index contributed by atoms with van der Waals surface area (Å²) in [5, 5.41) is 15.6. The minimum absolute atomic E-state index is 0.216. The number of carbonyl (C=O) groups is 1. The van der Waals surface area contributed by atoms with Gasteiger partial charge in [0, 0.05) is 34.9 Å². The highest BCUT2D eigenvalue weighted by molar-refractivity contribution is 6.04. The van der Waals surface area contributed by atoms with Crippen LogP contribution in [0.1, 0.15) is 28.9 Å². The fraction of sp³-hybridized carbons (Fsp3) is 0.115. The summed E-state index contributed by atoms with van der Waals surface area (Å²) in [5.74, 6) is 1.04. The highest BCUT2D eigenvalue weighted by Crippen LogP contribution is 2.22. The van der Waals surface area contributed by atoms with E-state index in [1.165, 1.54) is 0 Å². The minimum atomic E-state index is -0.544. The standard InChI is InChI=1S/C26H24N4O3/c1-17(31)18-3-9-22(10-4-18)29-25(32)20-5-11-23(12-6-20)30-26-27-15-21(16-28-26)19-7-13-24(33-2)14-8-19/h3-17,31H,1-2H3,(H,29,32)(H,27,28,30). The number of aliphatic hydroxyl groups excluding tert-OH is 1. The molecule has 7 heteroatoms. The van der Waals surface area contributed by atoms with Crippen LogP contribution in [0.25, 0.3) is 11.1 Å². The summed E-state index contributed by atoms with van der Waals surface area (Å²) in [6.45, 7) is 1.70. The van der Waals surface area contributed by atoms with Gasteiger partial charge in [0.05, 0.1) is 13.2 Å². The van der Waals surface area contributed by atoms with E-state index in [2.05, 4.69) is 20.6 Å². The van der Waals surface area contributed by atoms with Gasteiger partial charge in [0.25, 0.3) is 5.91 Å². The summed E-state index contributed by atoms with van der Waals surface area (Å²) < 4.78 is 5.18. The van der Waals surface area contributed by atoms with Crippen LogP contribution < -0.4 is 15.4 Å². The quantitative estimate of drug-likeness (QED) is 0.365. The van der Waals surface area contributed by atoms with Gasteiger partial charge in [-0.2, -0.15) is 0 Å². The Morgan fingerprint density at radius 1 is 0.848 bits per heavy atom. The molecule has 7 nitrogen and oxygen atoms in total. The molecule has 3 aromatic carbocycles. The van der Waals surface area contributed by atoms with Gasteiger partial charge in [-0.05, 0) is 66.6 Å². The average Bonchev–Trinajstić information content (AvgIpc) is 2.85. The molecule has 0 radical (unpaired) electrons. The third-order valence-electron chi connectivity index (χ3n) is 5.13. The number of nitrogens with zero attached hydrogens (tertiary/aromatic N) is 2. The molecule has 0 bridgehead atoms. The van der Waals surface area contributed by atoms with E-state index in [1.54, 1.807) is 75.0 Å². The van der Waals surface area contributed by atoms with Crippen molar-refractivity contribution in [2.24, 2.45) is 0 Å². The van der Waals surface area contributed by atoms with Crippen LogP contribution in [0.2, 0.25) is 0 Å². The number of rotatable bonds is 7. The highest BCUT2D eigenvalue weighted by Gasteiger charge is 2.08. The van der Waals surface area contributed by atoms with Crippen molar-refractivity contribution < 1.29 is 14.6 Å². The van der Waals surface area contributed by atoms with Crippen LogP contribution in [-0.2, 0) is 0 Å². The topological polar surface area (TPSA) is 96.4 Å². The summed E-state index contributed by atoms with van der Waals surface area (Å²) in [5.41, 5.74) is 4.65. The van der Waals surface area contributed by atoms with Gasteiger partial charge in [0.1, 0.15) is 5.75 Å². The first-order valence-corrected chi connectivity index (χ1v) is 10.4. The molecule has 4 rings (SSSR count). The fourth-order valence-corrected chi connectivity index (χ4v) is 3.21. The van der Waals surface area contributed by atoms with Gasteiger partial charge < -0.3 is 20.5 Å². The summed E-state index contributed by atoms with van der Waals surface area (Å²) in [7, 11) is 1.63. The van der Waals surface area contributed by atoms with E-state index in [-0.39, 0.29) is 5.91 Å². The largest absolute Gasteiger partial charge is 0.497 e. The van der Waals surface area contributed by atoms with Crippen molar-refractivity contribution in [3.63, 3.8) is 0 Å². The number of benzene rings is 3. The first kappa shape index (κ1) is 22.0. The van der Waals surface area contributed by atoms with E-state index in [0.717, 1.165) is 28.1 Å². The van der Waals surface area contributed by atoms with Gasteiger partial charge in [-0.1, -0.05) is 24.3 Å². The average molecular weight is 441 g/mol. The molecule has 1 amide bonds. The molecule has 0 aliphatic heterocycles. The second-order valence-electron chi connectivity index (χ2n) is 7.48. The summed E-state index contributed by atoms with van der Waals surface area (Å²) in [6.07, 6.45) is 2.96.